The normalized spacial score (nSPS) is 24.6. The lowest BCUT2D eigenvalue weighted by atomic mass is 10.1. The van der Waals surface area contributed by atoms with Crippen LogP contribution >= 0.6 is 0 Å². The van der Waals surface area contributed by atoms with Crippen LogP contribution < -0.4 is 15.4 Å². The molecule has 1 aliphatic heterocycles. The number of morpholine rings is 1. The van der Waals surface area contributed by atoms with Gasteiger partial charge in [-0.05, 0) is 38.0 Å². The Bertz CT molecular complexity index is 736. The fourth-order valence-electron chi connectivity index (χ4n) is 2.52. The van der Waals surface area contributed by atoms with Gasteiger partial charge in [-0.1, -0.05) is 0 Å². The first kappa shape index (κ1) is 17.3. The molecule has 1 saturated carbocycles. The molecule has 1 aromatic carbocycles. The molecule has 132 valence electrons. The standard InChI is InChI=1S/C15H20FN3O4S/c1-9-14(17-6-7-23-9)15(20)18-11-4-5-12(16)13(8-11)24(21,22)19-10-2-3-10/h4-5,8-10,14,17,19H,2-3,6-7H2,1H3,(H,18,20)/t9-,14+/m1/s1. The summed E-state index contributed by atoms with van der Waals surface area (Å²) in [6, 6.07) is 2.82. The maximum Gasteiger partial charge on any atom is 0.244 e. The third-order valence-corrected chi connectivity index (χ3v) is 5.52. The van der Waals surface area contributed by atoms with Crippen molar-refractivity contribution in [2.45, 2.75) is 42.8 Å². The Morgan fingerprint density at radius 2 is 2.12 bits per heavy atom. The first-order valence-electron chi connectivity index (χ1n) is 7.84. The summed E-state index contributed by atoms with van der Waals surface area (Å²) in [5, 5.41) is 5.65. The van der Waals surface area contributed by atoms with Crippen molar-refractivity contribution in [3.8, 4) is 0 Å². The maximum atomic E-state index is 13.9. The molecule has 3 N–H and O–H groups in total. The topological polar surface area (TPSA) is 96.5 Å². The zero-order valence-corrected chi connectivity index (χ0v) is 14.0. The predicted octanol–water partition coefficient (Wildman–Crippen LogP) is 0.582. The van der Waals surface area contributed by atoms with Crippen LogP contribution in [0.2, 0.25) is 0 Å². The third-order valence-electron chi connectivity index (χ3n) is 3.99. The van der Waals surface area contributed by atoms with Gasteiger partial charge in [0.2, 0.25) is 15.9 Å². The van der Waals surface area contributed by atoms with Crippen molar-refractivity contribution in [2.75, 3.05) is 18.5 Å². The zero-order valence-electron chi connectivity index (χ0n) is 13.2. The Labute approximate surface area is 140 Å². The van der Waals surface area contributed by atoms with E-state index in [9.17, 15) is 17.6 Å². The molecule has 0 spiro atoms. The van der Waals surface area contributed by atoms with Gasteiger partial charge in [0, 0.05) is 18.3 Å². The smallest absolute Gasteiger partial charge is 0.244 e. The van der Waals surface area contributed by atoms with E-state index in [0.29, 0.717) is 13.2 Å². The fraction of sp³-hybridized carbons (Fsp3) is 0.533. The number of nitrogens with one attached hydrogen (secondary N) is 3. The number of anilines is 1. The number of benzene rings is 1. The number of rotatable bonds is 5. The minimum Gasteiger partial charge on any atom is -0.375 e. The van der Waals surface area contributed by atoms with Crippen LogP contribution in [0.3, 0.4) is 0 Å². The summed E-state index contributed by atoms with van der Waals surface area (Å²) in [5.74, 6) is -1.21. The van der Waals surface area contributed by atoms with Crippen molar-refractivity contribution in [2.24, 2.45) is 0 Å². The Morgan fingerprint density at radius 3 is 2.79 bits per heavy atom. The molecule has 1 saturated heterocycles. The molecule has 0 radical (unpaired) electrons. The Balaban J connectivity index is 1.76. The SMILES string of the molecule is C[C@H]1OCCN[C@@H]1C(=O)Nc1ccc(F)c(S(=O)(=O)NC2CC2)c1. The lowest BCUT2D eigenvalue weighted by Gasteiger charge is -2.29. The molecule has 1 aliphatic carbocycles. The molecule has 2 fully saturated rings. The van der Waals surface area contributed by atoms with Gasteiger partial charge in [0.1, 0.15) is 16.8 Å². The molecule has 0 aromatic heterocycles. The summed E-state index contributed by atoms with van der Waals surface area (Å²) >= 11 is 0. The van der Waals surface area contributed by atoms with Crippen molar-refractivity contribution < 1.29 is 22.3 Å². The summed E-state index contributed by atoms with van der Waals surface area (Å²) in [5.41, 5.74) is 0.220. The molecule has 1 aromatic rings. The molecular weight excluding hydrogens is 337 g/mol. The Kier molecular flexibility index (Phi) is 4.86. The van der Waals surface area contributed by atoms with Gasteiger partial charge in [0.15, 0.2) is 0 Å². The summed E-state index contributed by atoms with van der Waals surface area (Å²) in [7, 11) is -3.94. The second kappa shape index (κ2) is 6.75. The van der Waals surface area contributed by atoms with Gasteiger partial charge in [-0.2, -0.15) is 0 Å². The monoisotopic (exact) mass is 357 g/mol. The fourth-order valence-corrected chi connectivity index (χ4v) is 3.93. The van der Waals surface area contributed by atoms with E-state index in [1.165, 1.54) is 6.07 Å². The van der Waals surface area contributed by atoms with Crippen LogP contribution in [0.1, 0.15) is 19.8 Å². The highest BCUT2D eigenvalue weighted by Crippen LogP contribution is 2.25. The first-order chi connectivity index (χ1) is 11.4. The molecule has 2 atom stereocenters. The molecule has 1 amide bonds. The largest absolute Gasteiger partial charge is 0.375 e. The van der Waals surface area contributed by atoms with E-state index in [1.807, 2.05) is 0 Å². The molecule has 9 heteroatoms. The second-order valence-corrected chi connectivity index (χ2v) is 7.72. The van der Waals surface area contributed by atoms with Crippen LogP contribution in [0.5, 0.6) is 0 Å². The molecule has 7 nitrogen and oxygen atoms in total. The molecule has 1 heterocycles. The molecule has 3 rings (SSSR count). The number of carbonyl (C=O) groups excluding carboxylic acids is 1. The van der Waals surface area contributed by atoms with E-state index in [0.717, 1.165) is 25.0 Å². The van der Waals surface area contributed by atoms with Crippen molar-refractivity contribution >= 4 is 21.6 Å². The maximum absolute atomic E-state index is 13.9. The van der Waals surface area contributed by atoms with E-state index >= 15 is 0 Å². The van der Waals surface area contributed by atoms with Crippen molar-refractivity contribution in [3.63, 3.8) is 0 Å². The van der Waals surface area contributed by atoms with E-state index in [1.54, 1.807) is 6.92 Å². The second-order valence-electron chi connectivity index (χ2n) is 6.04. The van der Waals surface area contributed by atoms with Crippen LogP contribution in [0.4, 0.5) is 10.1 Å². The summed E-state index contributed by atoms with van der Waals surface area (Å²) in [4.78, 5) is 11.8. The minimum absolute atomic E-state index is 0.128. The van der Waals surface area contributed by atoms with Crippen LogP contribution in [0.25, 0.3) is 0 Å². The lowest BCUT2D eigenvalue weighted by Crippen LogP contribution is -2.53. The summed E-state index contributed by atoms with van der Waals surface area (Å²) in [6.07, 6.45) is 1.20. The first-order valence-corrected chi connectivity index (χ1v) is 9.33. The van der Waals surface area contributed by atoms with Gasteiger partial charge >= 0.3 is 0 Å². The average molecular weight is 357 g/mol. The van der Waals surface area contributed by atoms with Crippen LogP contribution in [0.15, 0.2) is 23.1 Å². The molecule has 0 bridgehead atoms. The number of hydrogen-bond donors (Lipinski definition) is 3. The van der Waals surface area contributed by atoms with Gasteiger partial charge in [-0.15, -0.1) is 0 Å². The van der Waals surface area contributed by atoms with Gasteiger partial charge in [0.25, 0.3) is 0 Å². The van der Waals surface area contributed by atoms with Crippen molar-refractivity contribution in [3.05, 3.63) is 24.0 Å². The Hall–Kier alpha value is -1.55. The van der Waals surface area contributed by atoms with Crippen LogP contribution in [-0.2, 0) is 19.6 Å². The van der Waals surface area contributed by atoms with Gasteiger partial charge in [-0.25, -0.2) is 17.5 Å². The van der Waals surface area contributed by atoms with Gasteiger partial charge in [0.05, 0.1) is 12.7 Å². The van der Waals surface area contributed by atoms with Gasteiger partial charge in [-0.3, -0.25) is 4.79 Å². The zero-order chi connectivity index (χ0) is 17.3. The Morgan fingerprint density at radius 1 is 1.38 bits per heavy atom. The third kappa shape index (κ3) is 3.92. The molecule has 0 unspecified atom stereocenters. The molecular formula is C15H20FN3O4S. The average Bonchev–Trinajstić information content (AvgIpc) is 3.32. The molecule has 2 aliphatic rings. The number of carbonyl (C=O) groups is 1. The quantitative estimate of drug-likeness (QED) is 0.716. The highest BCUT2D eigenvalue weighted by molar-refractivity contribution is 7.89. The number of amides is 1. The summed E-state index contributed by atoms with van der Waals surface area (Å²) < 4.78 is 46.2. The van der Waals surface area contributed by atoms with Gasteiger partial charge < -0.3 is 15.4 Å². The van der Waals surface area contributed by atoms with E-state index in [2.05, 4.69) is 15.4 Å². The number of hydrogen-bond acceptors (Lipinski definition) is 5. The summed E-state index contributed by atoms with van der Waals surface area (Å²) in [6.45, 7) is 2.85. The minimum atomic E-state index is -3.94. The lowest BCUT2D eigenvalue weighted by molar-refractivity contribution is -0.123. The van der Waals surface area contributed by atoms with E-state index in [-0.39, 0.29) is 23.7 Å². The van der Waals surface area contributed by atoms with Crippen LogP contribution in [-0.4, -0.2) is 45.7 Å². The number of ether oxygens (including phenoxy) is 1. The highest BCUT2D eigenvalue weighted by atomic mass is 32.2. The number of sulfonamides is 1. The highest BCUT2D eigenvalue weighted by Gasteiger charge is 2.31. The number of halogens is 1. The van der Waals surface area contributed by atoms with Crippen LogP contribution in [0, 0.1) is 5.82 Å². The van der Waals surface area contributed by atoms with Crippen molar-refractivity contribution in [1.82, 2.24) is 10.0 Å². The van der Waals surface area contributed by atoms with E-state index < -0.39 is 26.8 Å². The van der Waals surface area contributed by atoms with Crippen molar-refractivity contribution in [1.29, 1.82) is 0 Å². The molecule has 24 heavy (non-hydrogen) atoms. The van der Waals surface area contributed by atoms with E-state index in [4.69, 9.17) is 4.74 Å². The predicted molar refractivity (Wildman–Crippen MR) is 85.6 cm³/mol.